The normalized spacial score (nSPS) is 19.6. The molecular weight excluding hydrogens is 522 g/mol. The molecule has 0 radical (unpaired) electrons. The molecule has 1 fully saturated rings. The number of para-hydroxylation sites is 1. The number of piperidine rings is 1. The van der Waals surface area contributed by atoms with Crippen molar-refractivity contribution >= 4 is 29.9 Å². The molecule has 1 aliphatic heterocycles. The van der Waals surface area contributed by atoms with E-state index in [4.69, 9.17) is 9.73 Å². The molecule has 6 nitrogen and oxygen atoms in total. The molecule has 3 rings (SSSR count). The Hall–Kier alpha value is -1.98. The van der Waals surface area contributed by atoms with E-state index < -0.39 is 12.8 Å². The summed E-state index contributed by atoms with van der Waals surface area (Å²) in [4.78, 5) is 11.1. The van der Waals surface area contributed by atoms with Crippen LogP contribution in [0.5, 0.6) is 5.75 Å². The van der Waals surface area contributed by atoms with Crippen LogP contribution in [-0.2, 0) is 6.54 Å². The number of nitrogens with one attached hydrogen (secondary N) is 1. The van der Waals surface area contributed by atoms with Crippen LogP contribution in [0.4, 0.5) is 13.2 Å². The molecule has 0 amide bonds. The maximum Gasteiger partial charge on any atom is 0.422 e. The number of rotatable bonds is 6. The van der Waals surface area contributed by atoms with Gasteiger partial charge in [0, 0.05) is 37.6 Å². The van der Waals surface area contributed by atoms with E-state index in [9.17, 15) is 13.2 Å². The molecule has 1 aromatic carbocycles. The quantitative estimate of drug-likeness (QED) is 0.327. The Kier molecular flexibility index (Phi) is 9.45. The summed E-state index contributed by atoms with van der Waals surface area (Å²) in [6, 6.07) is 7.00. The van der Waals surface area contributed by atoms with Gasteiger partial charge in [-0.25, -0.2) is 9.98 Å². The average Bonchev–Trinajstić information content (AvgIpc) is 3.25. The van der Waals surface area contributed by atoms with Crippen LogP contribution in [-0.4, -0.2) is 52.8 Å². The third-order valence-corrected chi connectivity index (χ3v) is 5.22. The summed E-state index contributed by atoms with van der Waals surface area (Å²) >= 11 is 0. The number of nitrogens with zero attached hydrogens (tertiary/aromatic N) is 4. The summed E-state index contributed by atoms with van der Waals surface area (Å²) in [6.07, 6.45) is 2.23. The van der Waals surface area contributed by atoms with E-state index in [1.54, 1.807) is 30.5 Å². The van der Waals surface area contributed by atoms with E-state index in [-0.39, 0.29) is 42.3 Å². The number of ether oxygens (including phenoxy) is 1. The highest BCUT2D eigenvalue weighted by Gasteiger charge is 2.30. The zero-order chi connectivity index (χ0) is 21.6. The van der Waals surface area contributed by atoms with Gasteiger partial charge < -0.3 is 19.5 Å². The Labute approximate surface area is 197 Å². The van der Waals surface area contributed by atoms with E-state index in [2.05, 4.69) is 26.7 Å². The summed E-state index contributed by atoms with van der Waals surface area (Å²) in [6.45, 7) is 5.51. The van der Waals surface area contributed by atoms with Crippen LogP contribution >= 0.6 is 24.0 Å². The Morgan fingerprint density at radius 2 is 2.10 bits per heavy atom. The lowest BCUT2D eigenvalue weighted by Gasteiger charge is -2.39. The van der Waals surface area contributed by atoms with Crippen LogP contribution in [0.1, 0.15) is 31.9 Å². The molecule has 2 aromatic rings. The van der Waals surface area contributed by atoms with Crippen LogP contribution in [0.25, 0.3) is 0 Å². The lowest BCUT2D eigenvalue weighted by Crippen LogP contribution is -2.49. The van der Waals surface area contributed by atoms with Crippen molar-refractivity contribution < 1.29 is 17.9 Å². The van der Waals surface area contributed by atoms with Gasteiger partial charge in [-0.05, 0) is 25.3 Å². The molecule has 1 aliphatic rings. The van der Waals surface area contributed by atoms with Crippen molar-refractivity contribution in [1.82, 2.24) is 19.8 Å². The van der Waals surface area contributed by atoms with Crippen LogP contribution in [0, 0.1) is 5.92 Å². The van der Waals surface area contributed by atoms with Gasteiger partial charge in [0.1, 0.15) is 5.75 Å². The number of alkyl halides is 3. The van der Waals surface area contributed by atoms with Crippen molar-refractivity contribution in [3.05, 3.63) is 48.5 Å². The molecular formula is C21H29F3IN5O. The molecule has 2 unspecified atom stereocenters. The van der Waals surface area contributed by atoms with Gasteiger partial charge in [0.05, 0.1) is 18.9 Å². The summed E-state index contributed by atoms with van der Waals surface area (Å²) in [5, 5.41) is 3.31. The number of likely N-dealkylation sites (tertiary alicyclic amines) is 1. The molecule has 1 aromatic heterocycles. The van der Waals surface area contributed by atoms with Crippen molar-refractivity contribution in [3.63, 3.8) is 0 Å². The molecule has 2 heterocycles. The Bertz CT molecular complexity index is 829. The third-order valence-electron chi connectivity index (χ3n) is 5.22. The molecule has 0 saturated carbocycles. The van der Waals surface area contributed by atoms with Crippen LogP contribution in [0.15, 0.2) is 48.0 Å². The number of guanidine groups is 1. The zero-order valence-electron chi connectivity index (χ0n) is 17.7. The third kappa shape index (κ3) is 7.29. The van der Waals surface area contributed by atoms with Crippen LogP contribution in [0.3, 0.4) is 0 Å². The van der Waals surface area contributed by atoms with E-state index >= 15 is 0 Å². The molecule has 2 atom stereocenters. The number of halogens is 4. The van der Waals surface area contributed by atoms with Crippen LogP contribution < -0.4 is 10.1 Å². The first kappa shape index (κ1) is 25.3. The van der Waals surface area contributed by atoms with Gasteiger partial charge in [0.2, 0.25) is 0 Å². The van der Waals surface area contributed by atoms with Crippen molar-refractivity contribution in [3.8, 4) is 5.75 Å². The van der Waals surface area contributed by atoms with Gasteiger partial charge in [-0.2, -0.15) is 13.2 Å². The van der Waals surface area contributed by atoms with E-state index in [1.807, 2.05) is 19.4 Å². The molecule has 172 valence electrons. The first-order valence-electron chi connectivity index (χ1n) is 10.2. The smallest absolute Gasteiger partial charge is 0.422 e. The predicted molar refractivity (Wildman–Crippen MR) is 125 cm³/mol. The number of aromatic nitrogens is 2. The Balaban J connectivity index is 0.00000341. The number of hydrogen-bond donors (Lipinski definition) is 1. The molecule has 0 bridgehead atoms. The van der Waals surface area contributed by atoms with Gasteiger partial charge in [-0.1, -0.05) is 25.1 Å². The predicted octanol–water partition coefficient (Wildman–Crippen LogP) is 4.49. The van der Waals surface area contributed by atoms with E-state index in [0.717, 1.165) is 25.5 Å². The van der Waals surface area contributed by atoms with E-state index in [0.29, 0.717) is 18.0 Å². The number of imidazole rings is 1. The zero-order valence-corrected chi connectivity index (χ0v) is 20.0. The van der Waals surface area contributed by atoms with Gasteiger partial charge >= 0.3 is 6.18 Å². The fraction of sp³-hybridized carbons (Fsp3) is 0.524. The van der Waals surface area contributed by atoms with Gasteiger partial charge in [0.25, 0.3) is 0 Å². The second-order valence-corrected chi connectivity index (χ2v) is 7.47. The van der Waals surface area contributed by atoms with E-state index in [1.165, 1.54) is 0 Å². The fourth-order valence-electron chi connectivity index (χ4n) is 3.62. The lowest BCUT2D eigenvalue weighted by atomic mass is 9.93. The standard InChI is InChI=1S/C21H28F3N5O.HI/c1-3-26-20(28-10-8-16(2)18(13-28)29-11-9-25-15-29)27-12-17-6-4-5-7-19(17)30-14-21(22,23)24;/h4-7,9,11,15-16,18H,3,8,10,12-14H2,1-2H3,(H,26,27);1H. The fourth-order valence-corrected chi connectivity index (χ4v) is 3.62. The SMILES string of the molecule is CCNC(=NCc1ccccc1OCC(F)(F)F)N1CCC(C)C(n2ccnc2)C1.I. The Morgan fingerprint density at radius 3 is 2.77 bits per heavy atom. The number of aliphatic imine (C=N–C) groups is 1. The maximum absolute atomic E-state index is 12.5. The first-order valence-corrected chi connectivity index (χ1v) is 10.2. The van der Waals surface area contributed by atoms with Gasteiger partial charge in [-0.3, -0.25) is 0 Å². The summed E-state index contributed by atoms with van der Waals surface area (Å²) < 4.78 is 44.7. The van der Waals surface area contributed by atoms with Gasteiger partial charge in [0.15, 0.2) is 12.6 Å². The summed E-state index contributed by atoms with van der Waals surface area (Å²) in [5.41, 5.74) is 0.619. The molecule has 0 spiro atoms. The molecule has 0 aliphatic carbocycles. The highest BCUT2D eigenvalue weighted by molar-refractivity contribution is 14.0. The van der Waals surface area contributed by atoms with Crippen molar-refractivity contribution in [1.29, 1.82) is 0 Å². The topological polar surface area (TPSA) is 54.7 Å². The first-order chi connectivity index (χ1) is 14.4. The largest absolute Gasteiger partial charge is 0.484 e. The minimum atomic E-state index is -4.38. The second kappa shape index (κ2) is 11.6. The minimum Gasteiger partial charge on any atom is -0.484 e. The average molecular weight is 551 g/mol. The number of benzene rings is 1. The van der Waals surface area contributed by atoms with Gasteiger partial charge in [-0.15, -0.1) is 24.0 Å². The highest BCUT2D eigenvalue weighted by Crippen LogP contribution is 2.28. The van der Waals surface area contributed by atoms with Crippen molar-refractivity contribution in [2.24, 2.45) is 10.9 Å². The van der Waals surface area contributed by atoms with Crippen molar-refractivity contribution in [2.75, 3.05) is 26.2 Å². The second-order valence-electron chi connectivity index (χ2n) is 7.47. The number of hydrogen-bond acceptors (Lipinski definition) is 3. The molecule has 1 saturated heterocycles. The summed E-state index contributed by atoms with van der Waals surface area (Å²) in [5.74, 6) is 1.47. The molecule has 31 heavy (non-hydrogen) atoms. The summed E-state index contributed by atoms with van der Waals surface area (Å²) in [7, 11) is 0. The maximum atomic E-state index is 12.5. The lowest BCUT2D eigenvalue weighted by molar-refractivity contribution is -0.153. The minimum absolute atomic E-state index is 0. The Morgan fingerprint density at radius 1 is 1.32 bits per heavy atom. The molecule has 1 N–H and O–H groups in total. The highest BCUT2D eigenvalue weighted by atomic mass is 127. The van der Waals surface area contributed by atoms with Crippen molar-refractivity contribution in [2.45, 2.75) is 39.0 Å². The molecule has 10 heteroatoms. The monoisotopic (exact) mass is 551 g/mol. The van der Waals surface area contributed by atoms with Crippen LogP contribution in [0.2, 0.25) is 0 Å².